The molecule has 0 aliphatic carbocycles. The first kappa shape index (κ1) is 13.7. The van der Waals surface area contributed by atoms with Gasteiger partial charge in [-0.3, -0.25) is 4.98 Å². The van der Waals surface area contributed by atoms with Crippen LogP contribution in [0.2, 0.25) is 0 Å². The molecular weight excluding hydrogens is 358 g/mol. The van der Waals surface area contributed by atoms with Gasteiger partial charge in [0.2, 0.25) is 0 Å². The lowest BCUT2D eigenvalue weighted by Gasteiger charge is -2.14. The maximum absolute atomic E-state index is 10.3. The molecule has 0 aliphatic rings. The number of aliphatic hydroxyl groups is 1. The van der Waals surface area contributed by atoms with Crippen molar-refractivity contribution in [1.29, 1.82) is 0 Å². The second-order valence-electron chi connectivity index (χ2n) is 4.14. The molecule has 0 amide bonds. The first-order valence-corrected chi connectivity index (χ1v) is 7.20. The van der Waals surface area contributed by atoms with Crippen molar-refractivity contribution in [3.63, 3.8) is 0 Å². The number of aliphatic hydroxyl groups excluding tert-OH is 1. The highest BCUT2D eigenvalue weighted by Gasteiger charge is 2.13. The van der Waals surface area contributed by atoms with Gasteiger partial charge in [0.25, 0.3) is 0 Å². The van der Waals surface area contributed by atoms with Gasteiger partial charge in [-0.15, -0.1) is 0 Å². The van der Waals surface area contributed by atoms with Crippen molar-refractivity contribution in [3.8, 4) is 0 Å². The molecule has 0 radical (unpaired) electrons. The van der Waals surface area contributed by atoms with E-state index >= 15 is 0 Å². The summed E-state index contributed by atoms with van der Waals surface area (Å²) in [5.41, 5.74) is 2.89. The summed E-state index contributed by atoms with van der Waals surface area (Å²) in [6, 6.07) is 9.71. The van der Waals surface area contributed by atoms with Crippen LogP contribution in [0.25, 0.3) is 0 Å². The Bertz CT molecular complexity index is 540. The highest BCUT2D eigenvalue weighted by atomic mass is 79.9. The fourth-order valence-electron chi connectivity index (χ4n) is 1.82. The molecule has 0 aliphatic heterocycles. The number of hydrogen-bond donors (Lipinski definition) is 1. The van der Waals surface area contributed by atoms with E-state index < -0.39 is 6.10 Å². The average molecular weight is 371 g/mol. The molecule has 1 unspecified atom stereocenters. The van der Waals surface area contributed by atoms with E-state index in [1.807, 2.05) is 37.3 Å². The molecule has 0 saturated heterocycles. The number of rotatable bonds is 3. The van der Waals surface area contributed by atoms with Crippen molar-refractivity contribution < 1.29 is 5.11 Å². The number of nitrogens with zero attached hydrogens (tertiary/aromatic N) is 1. The summed E-state index contributed by atoms with van der Waals surface area (Å²) in [4.78, 5) is 4.28. The van der Waals surface area contributed by atoms with Crippen LogP contribution >= 0.6 is 31.9 Å². The van der Waals surface area contributed by atoms with Crippen LogP contribution in [0, 0.1) is 6.92 Å². The highest BCUT2D eigenvalue weighted by Crippen LogP contribution is 2.26. The number of halogens is 2. The molecule has 1 N–H and O–H groups in total. The molecular formula is C14H13Br2NO. The summed E-state index contributed by atoms with van der Waals surface area (Å²) in [6.45, 7) is 2.00. The van der Waals surface area contributed by atoms with Gasteiger partial charge in [0, 0.05) is 27.3 Å². The largest absolute Gasteiger partial charge is 0.388 e. The summed E-state index contributed by atoms with van der Waals surface area (Å²) in [5.74, 6) is 0. The summed E-state index contributed by atoms with van der Waals surface area (Å²) in [6.07, 6.45) is 1.73. The van der Waals surface area contributed by atoms with Crippen LogP contribution in [-0.4, -0.2) is 10.1 Å². The van der Waals surface area contributed by atoms with Crippen molar-refractivity contribution >= 4 is 31.9 Å². The van der Waals surface area contributed by atoms with E-state index in [0.29, 0.717) is 6.42 Å². The summed E-state index contributed by atoms with van der Waals surface area (Å²) >= 11 is 6.82. The van der Waals surface area contributed by atoms with Crippen LogP contribution in [0.5, 0.6) is 0 Å². The monoisotopic (exact) mass is 369 g/mol. The molecule has 18 heavy (non-hydrogen) atoms. The maximum Gasteiger partial charge on any atom is 0.0848 e. The van der Waals surface area contributed by atoms with Gasteiger partial charge in [0.1, 0.15) is 0 Å². The van der Waals surface area contributed by atoms with Crippen molar-refractivity contribution in [3.05, 3.63) is 62.3 Å². The zero-order valence-electron chi connectivity index (χ0n) is 9.90. The van der Waals surface area contributed by atoms with E-state index in [-0.39, 0.29) is 0 Å². The molecule has 94 valence electrons. The fraction of sp³-hybridized carbons (Fsp3) is 0.214. The quantitative estimate of drug-likeness (QED) is 0.878. The lowest BCUT2D eigenvalue weighted by atomic mass is 10.00. The minimum Gasteiger partial charge on any atom is -0.388 e. The second-order valence-corrected chi connectivity index (χ2v) is 5.91. The van der Waals surface area contributed by atoms with E-state index in [1.54, 1.807) is 6.20 Å². The standard InChI is InChI=1S/C14H13Br2NO/c1-9-12(3-2-4-13(9)16)14(18)7-11-6-5-10(15)8-17-11/h2-6,8,14,18H,7H2,1H3. The Morgan fingerprint density at radius 1 is 1.22 bits per heavy atom. The average Bonchev–Trinajstić information content (AvgIpc) is 2.35. The third-order valence-corrected chi connectivity index (χ3v) is 4.19. The van der Waals surface area contributed by atoms with Gasteiger partial charge in [-0.25, -0.2) is 0 Å². The van der Waals surface area contributed by atoms with E-state index in [2.05, 4.69) is 36.8 Å². The van der Waals surface area contributed by atoms with Crippen LogP contribution in [0.1, 0.15) is 22.9 Å². The Labute approximate surface area is 123 Å². The number of pyridine rings is 1. The lowest BCUT2D eigenvalue weighted by Crippen LogP contribution is -2.05. The maximum atomic E-state index is 10.3. The fourth-order valence-corrected chi connectivity index (χ4v) is 2.44. The first-order valence-electron chi connectivity index (χ1n) is 5.61. The van der Waals surface area contributed by atoms with E-state index in [9.17, 15) is 5.11 Å². The zero-order chi connectivity index (χ0) is 13.1. The van der Waals surface area contributed by atoms with Gasteiger partial charge in [0.15, 0.2) is 0 Å². The predicted molar refractivity (Wildman–Crippen MR) is 79.5 cm³/mol. The van der Waals surface area contributed by atoms with Crippen molar-refractivity contribution in [1.82, 2.24) is 4.98 Å². The third-order valence-electron chi connectivity index (χ3n) is 2.86. The molecule has 0 saturated carbocycles. The molecule has 1 atom stereocenters. The van der Waals surface area contributed by atoms with Crippen LogP contribution in [-0.2, 0) is 6.42 Å². The third kappa shape index (κ3) is 3.19. The molecule has 0 bridgehead atoms. The van der Waals surface area contributed by atoms with E-state index in [0.717, 1.165) is 25.8 Å². The van der Waals surface area contributed by atoms with Crippen LogP contribution in [0.15, 0.2) is 45.5 Å². The van der Waals surface area contributed by atoms with Crippen molar-refractivity contribution in [2.45, 2.75) is 19.4 Å². The lowest BCUT2D eigenvalue weighted by molar-refractivity contribution is 0.176. The van der Waals surface area contributed by atoms with E-state index in [4.69, 9.17) is 0 Å². The Balaban J connectivity index is 2.19. The molecule has 4 heteroatoms. The SMILES string of the molecule is Cc1c(Br)cccc1C(O)Cc1ccc(Br)cn1. The van der Waals surface area contributed by atoms with Crippen LogP contribution in [0.3, 0.4) is 0 Å². The smallest absolute Gasteiger partial charge is 0.0848 e. The molecule has 0 fully saturated rings. The van der Waals surface area contributed by atoms with Gasteiger partial charge in [-0.2, -0.15) is 0 Å². The molecule has 0 spiro atoms. The molecule has 1 aromatic heterocycles. The summed E-state index contributed by atoms with van der Waals surface area (Å²) < 4.78 is 1.96. The second kappa shape index (κ2) is 5.95. The van der Waals surface area contributed by atoms with Crippen molar-refractivity contribution in [2.24, 2.45) is 0 Å². The molecule has 1 heterocycles. The molecule has 1 aromatic carbocycles. The Hall–Kier alpha value is -0.710. The van der Waals surface area contributed by atoms with Gasteiger partial charge < -0.3 is 5.11 Å². The zero-order valence-corrected chi connectivity index (χ0v) is 13.1. The normalized spacial score (nSPS) is 12.4. The Morgan fingerprint density at radius 2 is 2.00 bits per heavy atom. The van der Waals surface area contributed by atoms with Crippen LogP contribution < -0.4 is 0 Å². The van der Waals surface area contributed by atoms with Gasteiger partial charge >= 0.3 is 0 Å². The van der Waals surface area contributed by atoms with Gasteiger partial charge in [0.05, 0.1) is 6.10 Å². The first-order chi connectivity index (χ1) is 8.58. The summed E-state index contributed by atoms with van der Waals surface area (Å²) in [5, 5.41) is 10.3. The topological polar surface area (TPSA) is 33.1 Å². The van der Waals surface area contributed by atoms with Gasteiger partial charge in [-0.1, -0.05) is 28.1 Å². The summed E-state index contributed by atoms with van der Waals surface area (Å²) in [7, 11) is 0. The molecule has 2 aromatic rings. The van der Waals surface area contributed by atoms with Crippen molar-refractivity contribution in [2.75, 3.05) is 0 Å². The minimum absolute atomic E-state index is 0.518. The Morgan fingerprint density at radius 3 is 2.67 bits per heavy atom. The number of hydrogen-bond acceptors (Lipinski definition) is 2. The minimum atomic E-state index is -0.531. The van der Waals surface area contributed by atoms with E-state index in [1.165, 1.54) is 0 Å². The highest BCUT2D eigenvalue weighted by molar-refractivity contribution is 9.10. The number of aromatic nitrogens is 1. The van der Waals surface area contributed by atoms with Crippen LogP contribution in [0.4, 0.5) is 0 Å². The molecule has 2 rings (SSSR count). The number of benzene rings is 1. The Kier molecular flexibility index (Phi) is 4.54. The molecule has 2 nitrogen and oxygen atoms in total. The van der Waals surface area contributed by atoms with Gasteiger partial charge in [-0.05, 0) is 52.2 Å². The predicted octanol–water partition coefficient (Wildman–Crippen LogP) is 4.19.